The quantitative estimate of drug-likeness (QED) is 0.373. The maximum absolute atomic E-state index is 12.6. The molecule has 1 N–H and O–H groups in total. The van der Waals surface area contributed by atoms with Crippen molar-refractivity contribution in [3.05, 3.63) is 89.0 Å². The van der Waals surface area contributed by atoms with Crippen LogP contribution in [0.5, 0.6) is 11.5 Å². The molecule has 3 aromatic carbocycles. The highest BCUT2D eigenvalue weighted by molar-refractivity contribution is 7.92. The lowest BCUT2D eigenvalue weighted by molar-refractivity contribution is 0.0951. The minimum absolute atomic E-state index is 0.181. The Hall–Kier alpha value is -3.52. The molecule has 0 heterocycles. The van der Waals surface area contributed by atoms with Crippen molar-refractivity contribution >= 4 is 21.6 Å². The highest BCUT2D eigenvalue weighted by atomic mass is 32.2. The molecule has 8 heteroatoms. The second-order valence-electron chi connectivity index (χ2n) is 8.61. The smallest absolute Gasteiger partial charge is 0.251 e. The van der Waals surface area contributed by atoms with Crippen LogP contribution in [0.3, 0.4) is 0 Å². The van der Waals surface area contributed by atoms with E-state index >= 15 is 0 Å². The third-order valence-electron chi connectivity index (χ3n) is 5.89. The molecular formula is C28H34N2O5S. The van der Waals surface area contributed by atoms with Crippen LogP contribution in [0, 0.1) is 0 Å². The summed E-state index contributed by atoms with van der Waals surface area (Å²) in [5.74, 6) is 0.998. The lowest BCUT2D eigenvalue weighted by atomic mass is 10.1. The maximum Gasteiger partial charge on any atom is 0.251 e. The summed E-state index contributed by atoms with van der Waals surface area (Å²) >= 11 is 0. The number of unbranched alkanes of at least 4 members (excludes halogenated alkanes) is 1. The average Bonchev–Trinajstić information content (AvgIpc) is 2.89. The van der Waals surface area contributed by atoms with Gasteiger partial charge in [-0.15, -0.1) is 0 Å². The van der Waals surface area contributed by atoms with Gasteiger partial charge in [0.05, 0.1) is 32.7 Å². The van der Waals surface area contributed by atoms with Crippen LogP contribution in [0.25, 0.3) is 0 Å². The van der Waals surface area contributed by atoms with Gasteiger partial charge < -0.3 is 14.8 Å². The number of methoxy groups -OCH3 is 2. The minimum atomic E-state index is -3.49. The molecule has 3 rings (SSSR count). The van der Waals surface area contributed by atoms with Crippen molar-refractivity contribution in [3.63, 3.8) is 0 Å². The predicted molar refractivity (Wildman–Crippen MR) is 143 cm³/mol. The predicted octanol–water partition coefficient (Wildman–Crippen LogP) is 4.94. The number of anilines is 1. The van der Waals surface area contributed by atoms with Crippen LogP contribution in [0.15, 0.2) is 66.7 Å². The second-order valence-corrected chi connectivity index (χ2v) is 10.5. The first-order valence-electron chi connectivity index (χ1n) is 11.9. The number of hydrogen-bond acceptors (Lipinski definition) is 5. The molecule has 0 fully saturated rings. The fraction of sp³-hybridized carbons (Fsp3) is 0.321. The van der Waals surface area contributed by atoms with Crippen LogP contribution in [0.2, 0.25) is 0 Å². The molecule has 0 spiro atoms. The van der Waals surface area contributed by atoms with Gasteiger partial charge in [0.25, 0.3) is 5.91 Å². The van der Waals surface area contributed by atoms with E-state index in [1.54, 1.807) is 44.6 Å². The number of hydrogen-bond donors (Lipinski definition) is 1. The van der Waals surface area contributed by atoms with Gasteiger partial charge in [-0.1, -0.05) is 43.7 Å². The zero-order chi connectivity index (χ0) is 26.1. The van der Waals surface area contributed by atoms with E-state index in [-0.39, 0.29) is 12.5 Å². The van der Waals surface area contributed by atoms with Crippen molar-refractivity contribution in [2.24, 2.45) is 0 Å². The van der Waals surface area contributed by atoms with Crippen LogP contribution < -0.4 is 19.1 Å². The van der Waals surface area contributed by atoms with E-state index < -0.39 is 10.0 Å². The van der Waals surface area contributed by atoms with Crippen molar-refractivity contribution in [1.29, 1.82) is 0 Å². The van der Waals surface area contributed by atoms with E-state index in [0.717, 1.165) is 30.4 Å². The summed E-state index contributed by atoms with van der Waals surface area (Å²) in [6.45, 7) is 2.66. The molecule has 0 saturated heterocycles. The Kier molecular flexibility index (Phi) is 9.36. The number of nitrogens with one attached hydrogen (secondary N) is 1. The third-order valence-corrected chi connectivity index (χ3v) is 7.03. The third kappa shape index (κ3) is 7.24. The summed E-state index contributed by atoms with van der Waals surface area (Å²) in [6.07, 6.45) is 4.39. The lowest BCUT2D eigenvalue weighted by Gasteiger charge is -2.23. The maximum atomic E-state index is 12.6. The summed E-state index contributed by atoms with van der Waals surface area (Å²) < 4.78 is 37.0. The monoisotopic (exact) mass is 510 g/mol. The Morgan fingerprint density at radius 2 is 1.47 bits per heavy atom. The highest BCUT2D eigenvalue weighted by Gasteiger charge is 2.18. The van der Waals surface area contributed by atoms with Gasteiger partial charge in [0, 0.05) is 12.1 Å². The van der Waals surface area contributed by atoms with Crippen LogP contribution in [-0.4, -0.2) is 34.8 Å². The minimum Gasteiger partial charge on any atom is -0.493 e. The first-order valence-corrected chi connectivity index (χ1v) is 13.7. The molecule has 0 aliphatic heterocycles. The summed E-state index contributed by atoms with van der Waals surface area (Å²) in [4.78, 5) is 12.6. The number of benzene rings is 3. The van der Waals surface area contributed by atoms with E-state index in [1.165, 1.54) is 16.1 Å². The highest BCUT2D eigenvalue weighted by Crippen LogP contribution is 2.27. The van der Waals surface area contributed by atoms with Gasteiger partial charge in [-0.25, -0.2) is 8.42 Å². The Labute approximate surface area is 214 Å². The first-order chi connectivity index (χ1) is 17.2. The van der Waals surface area contributed by atoms with E-state index in [4.69, 9.17) is 9.47 Å². The van der Waals surface area contributed by atoms with Crippen molar-refractivity contribution in [3.8, 4) is 11.5 Å². The number of carbonyl (C=O) groups is 1. The fourth-order valence-corrected chi connectivity index (χ4v) is 4.70. The molecule has 0 atom stereocenters. The number of rotatable bonds is 12. The molecule has 0 aromatic heterocycles. The average molecular weight is 511 g/mol. The normalized spacial score (nSPS) is 11.1. The van der Waals surface area contributed by atoms with E-state index in [0.29, 0.717) is 29.3 Å². The van der Waals surface area contributed by atoms with Crippen LogP contribution in [0.4, 0.5) is 5.69 Å². The molecule has 0 saturated carbocycles. The zero-order valence-electron chi connectivity index (χ0n) is 21.3. The summed E-state index contributed by atoms with van der Waals surface area (Å²) in [7, 11) is -0.351. The zero-order valence-corrected chi connectivity index (χ0v) is 22.1. The molecular weight excluding hydrogens is 476 g/mol. The standard InChI is InChI=1S/C28H34N2O5S/c1-5-6-7-21-10-15-25(16-11-21)30(36(4,32)33)20-22-8-13-24(14-9-22)28(31)29-19-23-12-17-26(34-2)27(18-23)35-3/h8-18H,5-7,19-20H2,1-4H3,(H,29,31). The molecule has 1 amide bonds. The number of aryl methyl sites for hydroxylation is 1. The molecule has 0 radical (unpaired) electrons. The van der Waals surface area contributed by atoms with E-state index in [9.17, 15) is 13.2 Å². The van der Waals surface area contributed by atoms with E-state index in [2.05, 4.69) is 12.2 Å². The fourth-order valence-electron chi connectivity index (χ4n) is 3.81. The Morgan fingerprint density at radius 1 is 0.861 bits per heavy atom. The number of nitrogens with zero attached hydrogens (tertiary/aromatic N) is 1. The van der Waals surface area contributed by atoms with Gasteiger partial charge >= 0.3 is 0 Å². The Balaban J connectivity index is 1.66. The molecule has 0 aliphatic rings. The summed E-state index contributed by atoms with van der Waals surface area (Å²) in [5, 5.41) is 2.89. The van der Waals surface area contributed by atoms with Crippen molar-refractivity contribution < 1.29 is 22.7 Å². The van der Waals surface area contributed by atoms with Crippen LogP contribution in [-0.2, 0) is 29.5 Å². The number of ether oxygens (including phenoxy) is 2. The lowest BCUT2D eigenvalue weighted by Crippen LogP contribution is -2.29. The van der Waals surface area contributed by atoms with Gasteiger partial charge in [-0.2, -0.15) is 0 Å². The topological polar surface area (TPSA) is 84.9 Å². The first kappa shape index (κ1) is 27.1. The molecule has 192 valence electrons. The largest absolute Gasteiger partial charge is 0.493 e. The molecule has 36 heavy (non-hydrogen) atoms. The number of sulfonamides is 1. The molecule has 0 bridgehead atoms. The van der Waals surface area contributed by atoms with Gasteiger partial charge in [-0.3, -0.25) is 9.10 Å². The van der Waals surface area contributed by atoms with Crippen molar-refractivity contribution in [2.45, 2.75) is 39.3 Å². The van der Waals surface area contributed by atoms with E-state index in [1.807, 2.05) is 36.4 Å². The molecule has 0 aliphatic carbocycles. The SMILES string of the molecule is CCCCc1ccc(N(Cc2ccc(C(=O)NCc3ccc(OC)c(OC)c3)cc2)S(C)(=O)=O)cc1. The number of amides is 1. The van der Waals surface area contributed by atoms with Crippen LogP contribution in [0.1, 0.15) is 46.8 Å². The molecule has 3 aromatic rings. The van der Waals surface area contributed by atoms with Gasteiger partial charge in [0.2, 0.25) is 10.0 Å². The van der Waals surface area contributed by atoms with Crippen molar-refractivity contribution in [2.75, 3.05) is 24.8 Å². The van der Waals surface area contributed by atoms with Crippen molar-refractivity contribution in [1.82, 2.24) is 5.32 Å². The molecule has 0 unspecified atom stereocenters. The van der Waals surface area contributed by atoms with Crippen LogP contribution >= 0.6 is 0 Å². The van der Waals surface area contributed by atoms with Gasteiger partial charge in [0.1, 0.15) is 0 Å². The summed E-state index contributed by atoms with van der Waals surface area (Å²) in [5.41, 5.74) is 3.96. The second kappa shape index (κ2) is 12.4. The Morgan fingerprint density at radius 3 is 2.06 bits per heavy atom. The van der Waals surface area contributed by atoms with Gasteiger partial charge in [-0.05, 0) is 65.9 Å². The molecule has 7 nitrogen and oxygen atoms in total. The number of carbonyl (C=O) groups excluding carboxylic acids is 1. The Bertz CT molecular complexity index is 1260. The summed E-state index contributed by atoms with van der Waals surface area (Å²) in [6, 6.07) is 20.1. The van der Waals surface area contributed by atoms with Gasteiger partial charge in [0.15, 0.2) is 11.5 Å².